The Morgan fingerprint density at radius 1 is 1.42 bits per heavy atom. The molecule has 0 saturated carbocycles. The van der Waals surface area contributed by atoms with E-state index in [2.05, 4.69) is 16.9 Å². The molecule has 0 bridgehead atoms. The highest BCUT2D eigenvalue weighted by molar-refractivity contribution is 6.22. The smallest absolute Gasteiger partial charge is 0.407 e. The lowest BCUT2D eigenvalue weighted by atomic mass is 9.76. The molecule has 0 spiro atoms. The largest absolute Gasteiger partial charge is 0.511 e. The lowest BCUT2D eigenvalue weighted by Gasteiger charge is -2.29. The molecule has 1 aliphatic rings. The van der Waals surface area contributed by atoms with Crippen LogP contribution in [0, 0.1) is 5.41 Å². The summed E-state index contributed by atoms with van der Waals surface area (Å²) in [5.74, 6) is -1.51. The van der Waals surface area contributed by atoms with E-state index in [9.17, 15) is 24.6 Å². The topological polar surface area (TPSA) is 125 Å². The van der Waals surface area contributed by atoms with E-state index in [0.29, 0.717) is 6.42 Å². The highest BCUT2D eigenvalue weighted by Gasteiger charge is 2.34. The number of allylic oxidation sites excluding steroid dienone is 2. The van der Waals surface area contributed by atoms with Crippen molar-refractivity contribution in [2.45, 2.75) is 46.1 Å². The van der Waals surface area contributed by atoms with Crippen LogP contribution in [0.25, 0.3) is 0 Å². The number of nitrogens with zero attached hydrogens (tertiary/aromatic N) is 1. The van der Waals surface area contributed by atoms with Gasteiger partial charge in [0.25, 0.3) is 0 Å². The van der Waals surface area contributed by atoms with Gasteiger partial charge >= 0.3 is 12.1 Å². The molecule has 0 aromatic heterocycles. The zero-order chi connectivity index (χ0) is 19.9. The second kappa shape index (κ2) is 9.17. The van der Waals surface area contributed by atoms with E-state index in [0.717, 1.165) is 0 Å². The van der Waals surface area contributed by atoms with Crippen LogP contribution in [0.3, 0.4) is 0 Å². The van der Waals surface area contributed by atoms with Crippen LogP contribution in [0.15, 0.2) is 29.0 Å². The van der Waals surface area contributed by atoms with Crippen molar-refractivity contribution >= 4 is 23.6 Å². The SMILES string of the molecule is C=CCOC(=O)NCC[C@@H](N=C(C)C1=C(O)CC(C)(C)CC1=O)C(=O)O. The standard InChI is InChI=1S/C18H26N2O6/c1-5-8-26-17(25)19-7-6-12(16(23)24)20-11(2)15-13(21)9-18(3,4)10-14(15)22/h5,12,21H,1,6-10H2,2-4H3,(H,19,25)(H,23,24)/t12-/m1/s1. The third-order valence-corrected chi connectivity index (χ3v) is 3.87. The van der Waals surface area contributed by atoms with Gasteiger partial charge in [0.2, 0.25) is 0 Å². The van der Waals surface area contributed by atoms with Gasteiger partial charge in [0, 0.05) is 25.1 Å². The van der Waals surface area contributed by atoms with Gasteiger partial charge in [-0.05, 0) is 18.8 Å². The molecule has 26 heavy (non-hydrogen) atoms. The van der Waals surface area contributed by atoms with Crippen molar-refractivity contribution in [2.24, 2.45) is 10.4 Å². The van der Waals surface area contributed by atoms with Crippen LogP contribution in [-0.4, -0.2) is 53.0 Å². The van der Waals surface area contributed by atoms with Crippen LogP contribution in [0.2, 0.25) is 0 Å². The molecule has 1 aliphatic carbocycles. The number of ether oxygens (including phenoxy) is 1. The molecular formula is C18H26N2O6. The van der Waals surface area contributed by atoms with Crippen molar-refractivity contribution in [3.05, 3.63) is 24.0 Å². The normalized spacial score (nSPS) is 18.3. The molecule has 0 unspecified atom stereocenters. The van der Waals surface area contributed by atoms with Gasteiger partial charge in [0.15, 0.2) is 5.78 Å². The van der Waals surface area contributed by atoms with E-state index in [1.54, 1.807) is 0 Å². The average Bonchev–Trinajstić information content (AvgIpc) is 2.49. The minimum Gasteiger partial charge on any atom is -0.511 e. The number of nitrogens with one attached hydrogen (secondary N) is 1. The number of hydrogen-bond acceptors (Lipinski definition) is 6. The number of alkyl carbamates (subject to hydrolysis) is 1. The Hall–Kier alpha value is -2.64. The zero-order valence-electron chi connectivity index (χ0n) is 15.4. The van der Waals surface area contributed by atoms with E-state index in [4.69, 9.17) is 4.74 Å². The quantitative estimate of drug-likeness (QED) is 0.447. The molecule has 1 atom stereocenters. The summed E-state index contributed by atoms with van der Waals surface area (Å²) >= 11 is 0. The number of aliphatic hydroxyl groups excluding tert-OH is 1. The summed E-state index contributed by atoms with van der Waals surface area (Å²) in [7, 11) is 0. The molecule has 8 nitrogen and oxygen atoms in total. The molecule has 0 radical (unpaired) electrons. The summed E-state index contributed by atoms with van der Waals surface area (Å²) < 4.78 is 4.72. The average molecular weight is 366 g/mol. The molecule has 0 heterocycles. The van der Waals surface area contributed by atoms with Crippen molar-refractivity contribution in [1.82, 2.24) is 5.32 Å². The van der Waals surface area contributed by atoms with Gasteiger partial charge in [-0.25, -0.2) is 9.59 Å². The van der Waals surface area contributed by atoms with Gasteiger partial charge in [-0.3, -0.25) is 9.79 Å². The Bertz CT molecular complexity index is 648. The van der Waals surface area contributed by atoms with Gasteiger partial charge in [-0.15, -0.1) is 0 Å². The van der Waals surface area contributed by atoms with Crippen LogP contribution < -0.4 is 5.32 Å². The molecule has 8 heteroatoms. The van der Waals surface area contributed by atoms with Crippen molar-refractivity contribution in [1.29, 1.82) is 0 Å². The number of ketones is 1. The van der Waals surface area contributed by atoms with Crippen molar-refractivity contribution < 1.29 is 29.3 Å². The molecule has 0 aromatic carbocycles. The summed E-state index contributed by atoms with van der Waals surface area (Å²) in [6.07, 6.45) is 1.34. The Kier molecular flexibility index (Phi) is 7.55. The first-order chi connectivity index (χ1) is 12.1. The van der Waals surface area contributed by atoms with E-state index in [1.807, 2.05) is 13.8 Å². The molecule has 0 saturated heterocycles. The maximum atomic E-state index is 12.3. The van der Waals surface area contributed by atoms with Gasteiger partial charge in [0.05, 0.1) is 5.57 Å². The Balaban J connectivity index is 2.81. The number of aliphatic carboxylic acids is 1. The lowest BCUT2D eigenvalue weighted by Crippen LogP contribution is -2.32. The highest BCUT2D eigenvalue weighted by Crippen LogP contribution is 2.36. The summed E-state index contributed by atoms with van der Waals surface area (Å²) in [5.41, 5.74) is -0.0640. The molecule has 1 rings (SSSR count). The van der Waals surface area contributed by atoms with Crippen molar-refractivity contribution in [2.75, 3.05) is 13.2 Å². The van der Waals surface area contributed by atoms with Crippen LogP contribution in [0.5, 0.6) is 0 Å². The second-order valence-electron chi connectivity index (χ2n) is 6.93. The van der Waals surface area contributed by atoms with Crippen molar-refractivity contribution in [3.8, 4) is 0 Å². The molecule has 1 amide bonds. The number of Topliss-reactive ketones (excluding diaryl/α,β-unsaturated/α-hetero) is 1. The van der Waals surface area contributed by atoms with E-state index in [1.165, 1.54) is 13.0 Å². The number of carbonyl (C=O) groups excluding carboxylic acids is 2. The van der Waals surface area contributed by atoms with Gasteiger partial charge in [-0.2, -0.15) is 0 Å². The van der Waals surface area contributed by atoms with Gasteiger partial charge < -0.3 is 20.3 Å². The minimum atomic E-state index is -1.19. The van der Waals surface area contributed by atoms with Crippen molar-refractivity contribution in [3.63, 3.8) is 0 Å². The summed E-state index contributed by atoms with van der Waals surface area (Å²) in [6.45, 7) is 8.76. The van der Waals surface area contributed by atoms with Crippen LogP contribution in [0.4, 0.5) is 4.79 Å². The minimum absolute atomic E-state index is 0.0174. The predicted molar refractivity (Wildman–Crippen MR) is 96.4 cm³/mol. The fourth-order valence-corrected chi connectivity index (χ4v) is 2.74. The molecule has 0 fully saturated rings. The Morgan fingerprint density at radius 2 is 2.08 bits per heavy atom. The molecule has 3 N–H and O–H groups in total. The Morgan fingerprint density at radius 3 is 2.62 bits per heavy atom. The molecular weight excluding hydrogens is 340 g/mol. The number of carbonyl (C=O) groups is 3. The predicted octanol–water partition coefficient (Wildman–Crippen LogP) is 2.40. The third kappa shape index (κ3) is 6.34. The number of aliphatic imine (C=N–C) groups is 1. The number of amides is 1. The van der Waals surface area contributed by atoms with Crippen LogP contribution in [-0.2, 0) is 14.3 Å². The number of aliphatic hydroxyl groups is 1. The first-order valence-corrected chi connectivity index (χ1v) is 8.32. The zero-order valence-corrected chi connectivity index (χ0v) is 15.4. The molecule has 0 aliphatic heterocycles. The summed E-state index contributed by atoms with van der Waals surface area (Å²) in [6, 6.07) is -1.15. The number of carboxylic acid groups (broad SMARTS) is 1. The maximum absolute atomic E-state index is 12.3. The molecule has 0 aromatic rings. The first-order valence-electron chi connectivity index (χ1n) is 8.32. The molecule has 144 valence electrons. The summed E-state index contributed by atoms with van der Waals surface area (Å²) in [4.78, 5) is 39.1. The van der Waals surface area contributed by atoms with Crippen LogP contribution in [0.1, 0.15) is 40.0 Å². The van der Waals surface area contributed by atoms with Gasteiger partial charge in [0.1, 0.15) is 18.4 Å². The highest BCUT2D eigenvalue weighted by atomic mass is 16.5. The first kappa shape index (κ1) is 21.4. The maximum Gasteiger partial charge on any atom is 0.407 e. The van der Waals surface area contributed by atoms with E-state index < -0.39 is 18.1 Å². The third-order valence-electron chi connectivity index (χ3n) is 3.87. The summed E-state index contributed by atoms with van der Waals surface area (Å²) in [5, 5.41) is 21.9. The second-order valence-corrected chi connectivity index (χ2v) is 6.93. The fraction of sp³-hybridized carbons (Fsp3) is 0.556. The Labute approximate surface area is 152 Å². The fourth-order valence-electron chi connectivity index (χ4n) is 2.74. The number of carboxylic acids is 1. The monoisotopic (exact) mass is 366 g/mol. The van der Waals surface area contributed by atoms with Gasteiger partial charge in [-0.1, -0.05) is 26.5 Å². The number of hydrogen-bond donors (Lipinski definition) is 3. The van der Waals surface area contributed by atoms with E-state index >= 15 is 0 Å². The van der Waals surface area contributed by atoms with Crippen LogP contribution >= 0.6 is 0 Å². The lowest BCUT2D eigenvalue weighted by molar-refractivity contribution is -0.138. The van der Waals surface area contributed by atoms with E-state index in [-0.39, 0.29) is 54.2 Å². The number of rotatable bonds is 8.